The van der Waals surface area contributed by atoms with Gasteiger partial charge >= 0.3 is 11.9 Å². The van der Waals surface area contributed by atoms with Gasteiger partial charge in [0.15, 0.2) is 10.8 Å². The summed E-state index contributed by atoms with van der Waals surface area (Å²) in [6.07, 6.45) is 0.896. The van der Waals surface area contributed by atoms with Crippen molar-refractivity contribution in [1.29, 1.82) is 0 Å². The molecule has 3 rings (SSSR count). The number of ether oxygens (including phenoxy) is 1. The summed E-state index contributed by atoms with van der Waals surface area (Å²) in [6, 6.07) is -1.00. The molecule has 0 radical (unpaired) electrons. The Bertz CT molecular complexity index is 1140. The van der Waals surface area contributed by atoms with Crippen molar-refractivity contribution < 1.29 is 38.7 Å². The summed E-state index contributed by atoms with van der Waals surface area (Å²) < 4.78 is 5.13. The average Bonchev–Trinajstić information content (AvgIpc) is 3.26. The molecule has 0 aromatic carbocycles. The van der Waals surface area contributed by atoms with Crippen molar-refractivity contribution in [2.45, 2.75) is 51.1 Å². The number of nitrogens with zero attached hydrogens (tertiary/aromatic N) is 3. The molecule has 2 atom stereocenters. The summed E-state index contributed by atoms with van der Waals surface area (Å²) in [4.78, 5) is 70.6. The predicted molar refractivity (Wildman–Crippen MR) is 130 cm³/mol. The third-order valence-electron chi connectivity index (χ3n) is 4.87. The third-order valence-corrected chi connectivity index (χ3v) is 6.98. The number of hydrogen-bond acceptors (Lipinski definition) is 11. The Kier molecular flexibility index (Phi) is 8.35. The number of β-lactam (4-membered cyclic amide) rings is 1. The second-order valence-corrected chi connectivity index (χ2v) is 10.5. The number of carboxylic acid groups (broad SMARTS) is 1. The first-order valence-corrected chi connectivity index (χ1v) is 12.7. The fraction of sp³-hybridized carbons (Fsp3) is 0.476. The zero-order valence-corrected chi connectivity index (χ0v) is 21.5. The standard InChI is InChI=1S/C21H25N5O8S2/c1-5-10-7-35-18-14(17(30)26(18)15(10)19(31)32)24-16(29)13(11-8-36-20(23-11)22-9-27)25-33-6-12(28)34-21(2,3)4/h8-9,14,18H,5-7H2,1-4H3,(H,24,29)(H,31,32)(H,22,23,27)/t14?,18-/m0/s1. The van der Waals surface area contributed by atoms with Gasteiger partial charge in [-0.3, -0.25) is 19.3 Å². The van der Waals surface area contributed by atoms with Crippen molar-refractivity contribution in [3.63, 3.8) is 0 Å². The van der Waals surface area contributed by atoms with Crippen molar-refractivity contribution >= 4 is 64.1 Å². The van der Waals surface area contributed by atoms with Gasteiger partial charge in [-0.1, -0.05) is 12.1 Å². The Hall–Kier alpha value is -3.46. The first-order chi connectivity index (χ1) is 17.0. The summed E-state index contributed by atoms with van der Waals surface area (Å²) in [5.41, 5.74) is -0.480. The molecule has 15 heteroatoms. The highest BCUT2D eigenvalue weighted by molar-refractivity contribution is 8.00. The molecule has 3 heterocycles. The number of carboxylic acids is 1. The number of aliphatic carboxylic acids is 1. The Balaban J connectivity index is 1.78. The number of hydrogen-bond donors (Lipinski definition) is 3. The topological polar surface area (TPSA) is 177 Å². The second-order valence-electron chi connectivity index (χ2n) is 8.57. The molecule has 0 spiro atoms. The van der Waals surface area contributed by atoms with Crippen LogP contribution in [0.25, 0.3) is 0 Å². The van der Waals surface area contributed by atoms with Gasteiger partial charge in [-0.15, -0.1) is 23.1 Å². The molecule has 194 valence electrons. The molecular formula is C21H25N5O8S2. The molecular weight excluding hydrogens is 514 g/mol. The normalized spacial score (nSPS) is 19.7. The average molecular weight is 540 g/mol. The van der Waals surface area contributed by atoms with Crippen LogP contribution in [0.1, 0.15) is 39.8 Å². The van der Waals surface area contributed by atoms with Crippen LogP contribution in [0.4, 0.5) is 5.13 Å². The molecule has 3 amide bonds. The smallest absolute Gasteiger partial charge is 0.352 e. The molecule has 13 nitrogen and oxygen atoms in total. The molecule has 0 bridgehead atoms. The van der Waals surface area contributed by atoms with E-state index in [0.29, 0.717) is 24.2 Å². The maximum atomic E-state index is 13.1. The number of esters is 1. The van der Waals surface area contributed by atoms with Gasteiger partial charge in [0.25, 0.3) is 11.8 Å². The number of amides is 3. The van der Waals surface area contributed by atoms with Gasteiger partial charge in [-0.05, 0) is 32.8 Å². The van der Waals surface area contributed by atoms with Gasteiger partial charge < -0.3 is 25.3 Å². The lowest BCUT2D eigenvalue weighted by molar-refractivity contribution is -0.160. The van der Waals surface area contributed by atoms with Crippen molar-refractivity contribution in [3.05, 3.63) is 22.3 Å². The van der Waals surface area contributed by atoms with E-state index in [9.17, 15) is 29.1 Å². The Morgan fingerprint density at radius 3 is 2.69 bits per heavy atom. The fourth-order valence-electron chi connectivity index (χ4n) is 3.39. The minimum Gasteiger partial charge on any atom is -0.477 e. The molecule has 1 saturated heterocycles. The van der Waals surface area contributed by atoms with Crippen LogP contribution in [0.5, 0.6) is 0 Å². The SMILES string of the molecule is CCC1=C(C(=O)O)N2C(=O)C(NC(=O)C(=NOCC(=O)OC(C)(C)C)c3csc(NC=O)n3)[C@@H]2SC1. The van der Waals surface area contributed by atoms with Crippen LogP contribution in [0.2, 0.25) is 0 Å². The summed E-state index contributed by atoms with van der Waals surface area (Å²) in [5, 5.41) is 19.3. The van der Waals surface area contributed by atoms with Crippen LogP contribution >= 0.6 is 23.1 Å². The minimum atomic E-state index is -1.20. The van der Waals surface area contributed by atoms with Gasteiger partial charge in [0, 0.05) is 11.1 Å². The van der Waals surface area contributed by atoms with Gasteiger partial charge in [0.05, 0.1) is 0 Å². The van der Waals surface area contributed by atoms with Crippen molar-refractivity contribution in [2.24, 2.45) is 5.16 Å². The maximum Gasteiger partial charge on any atom is 0.352 e. The number of anilines is 1. The van der Waals surface area contributed by atoms with E-state index >= 15 is 0 Å². The molecule has 0 aliphatic carbocycles. The van der Waals surface area contributed by atoms with Crippen molar-refractivity contribution in [1.82, 2.24) is 15.2 Å². The van der Waals surface area contributed by atoms with E-state index < -0.39 is 47.4 Å². The van der Waals surface area contributed by atoms with Crippen molar-refractivity contribution in [2.75, 3.05) is 17.7 Å². The lowest BCUT2D eigenvalue weighted by Gasteiger charge is -2.49. The van der Waals surface area contributed by atoms with Crippen LogP contribution in [-0.4, -0.2) is 80.2 Å². The van der Waals surface area contributed by atoms with Gasteiger partial charge in [-0.25, -0.2) is 14.6 Å². The Morgan fingerprint density at radius 2 is 2.08 bits per heavy atom. The van der Waals surface area contributed by atoms with E-state index in [0.717, 1.165) is 11.3 Å². The van der Waals surface area contributed by atoms with Crippen LogP contribution in [0.15, 0.2) is 21.8 Å². The lowest BCUT2D eigenvalue weighted by Crippen LogP contribution is -2.71. The summed E-state index contributed by atoms with van der Waals surface area (Å²) in [7, 11) is 0. The Labute approximate surface area is 214 Å². The highest BCUT2D eigenvalue weighted by Gasteiger charge is 2.54. The highest BCUT2D eigenvalue weighted by atomic mass is 32.2. The molecule has 1 aromatic heterocycles. The zero-order valence-electron chi connectivity index (χ0n) is 19.9. The van der Waals surface area contributed by atoms with Gasteiger partial charge in [0.2, 0.25) is 13.0 Å². The van der Waals surface area contributed by atoms with Crippen molar-refractivity contribution in [3.8, 4) is 0 Å². The Morgan fingerprint density at radius 1 is 1.36 bits per heavy atom. The minimum absolute atomic E-state index is 0.0327. The molecule has 2 aliphatic heterocycles. The summed E-state index contributed by atoms with van der Waals surface area (Å²) in [6.45, 7) is 6.27. The molecule has 1 aromatic rings. The molecule has 0 saturated carbocycles. The maximum absolute atomic E-state index is 13.1. The van der Waals surface area contributed by atoms with E-state index in [-0.39, 0.29) is 22.2 Å². The summed E-state index contributed by atoms with van der Waals surface area (Å²) in [5.74, 6) is -2.91. The van der Waals surface area contributed by atoms with E-state index in [1.54, 1.807) is 20.8 Å². The summed E-state index contributed by atoms with van der Waals surface area (Å²) >= 11 is 2.36. The van der Waals surface area contributed by atoms with E-state index in [1.807, 2.05) is 6.92 Å². The fourth-order valence-corrected chi connectivity index (χ4v) is 5.49. The van der Waals surface area contributed by atoms with Crippen LogP contribution < -0.4 is 10.6 Å². The number of rotatable bonds is 10. The quantitative estimate of drug-likeness (QED) is 0.127. The monoisotopic (exact) mass is 539 g/mol. The third kappa shape index (κ3) is 6.02. The molecule has 2 aliphatic rings. The van der Waals surface area contributed by atoms with Crippen LogP contribution in [-0.2, 0) is 33.5 Å². The lowest BCUT2D eigenvalue weighted by atomic mass is 10.0. The second kappa shape index (κ2) is 11.1. The highest BCUT2D eigenvalue weighted by Crippen LogP contribution is 2.41. The molecule has 36 heavy (non-hydrogen) atoms. The zero-order chi connectivity index (χ0) is 26.6. The molecule has 3 N–H and O–H groups in total. The number of carbonyl (C=O) groups excluding carboxylic acids is 4. The number of oxime groups is 1. The first kappa shape index (κ1) is 27.1. The van der Waals surface area contributed by atoms with E-state index in [1.165, 1.54) is 22.0 Å². The first-order valence-electron chi connectivity index (χ1n) is 10.8. The van der Waals surface area contributed by atoms with Crippen LogP contribution in [0.3, 0.4) is 0 Å². The number of fused-ring (bicyclic) bond motifs is 1. The molecule has 1 fully saturated rings. The number of thiazole rings is 1. The number of carbonyl (C=O) groups is 5. The van der Waals surface area contributed by atoms with Crippen LogP contribution in [0, 0.1) is 0 Å². The van der Waals surface area contributed by atoms with E-state index in [2.05, 4.69) is 20.8 Å². The number of thioether (sulfide) groups is 1. The molecule has 1 unspecified atom stereocenters. The van der Waals surface area contributed by atoms with E-state index in [4.69, 9.17) is 9.57 Å². The predicted octanol–water partition coefficient (Wildman–Crippen LogP) is 0.922. The largest absolute Gasteiger partial charge is 0.477 e. The van der Waals surface area contributed by atoms with Gasteiger partial charge in [-0.2, -0.15) is 0 Å². The number of nitrogens with one attached hydrogen (secondary N) is 2. The van der Waals surface area contributed by atoms with Gasteiger partial charge in [0.1, 0.15) is 28.4 Å². The number of aromatic nitrogens is 1.